The van der Waals surface area contributed by atoms with E-state index in [1.165, 1.54) is 12.1 Å². The fourth-order valence-electron chi connectivity index (χ4n) is 4.12. The predicted octanol–water partition coefficient (Wildman–Crippen LogP) is 4.76. The van der Waals surface area contributed by atoms with Crippen molar-refractivity contribution in [2.45, 2.75) is 0 Å². The highest BCUT2D eigenvalue weighted by Crippen LogP contribution is 2.32. The fraction of sp³-hybridized carbons (Fsp3) is 0.0435. The Morgan fingerprint density at radius 2 is 1.83 bits per heavy atom. The number of aromatic amines is 1. The molecule has 6 rings (SSSR count). The van der Waals surface area contributed by atoms with Gasteiger partial charge in [0.25, 0.3) is 0 Å². The third-order valence-electron chi connectivity index (χ3n) is 5.55. The molecule has 0 unspecified atom stereocenters. The fourth-order valence-corrected chi connectivity index (χ4v) is 4.12. The van der Waals surface area contributed by atoms with E-state index in [1.807, 2.05) is 31.4 Å². The van der Waals surface area contributed by atoms with E-state index in [4.69, 9.17) is 15.8 Å². The average molecular weight is 396 g/mol. The minimum absolute atomic E-state index is 0.292. The van der Waals surface area contributed by atoms with E-state index in [1.54, 1.807) is 16.6 Å². The summed E-state index contributed by atoms with van der Waals surface area (Å²) in [6.07, 6.45) is 3.89. The Morgan fingerprint density at radius 3 is 2.73 bits per heavy atom. The van der Waals surface area contributed by atoms with Gasteiger partial charge in [0, 0.05) is 64.5 Å². The standard InChI is InChI=1S/C23H17FN6/c1-29-12-17(14-4-2-3-5-21(14)29)20-10-23-27-19(9-22(25)30(23)28-20)16-11-26-18-7-6-13(24)8-15(16)18/h2-12,26H,25H2,1H3. The molecule has 0 radical (unpaired) electrons. The molecule has 0 amide bonds. The number of aromatic nitrogens is 5. The lowest BCUT2D eigenvalue weighted by molar-refractivity contribution is 0.630. The SMILES string of the molecule is Cn1cc(-c2cc3nc(-c4c[nH]c5ccc(F)cc45)cc(N)n3n2)c2ccccc21. The van der Waals surface area contributed by atoms with Crippen LogP contribution in [0.5, 0.6) is 0 Å². The Bertz CT molecular complexity index is 1590. The molecule has 0 atom stereocenters. The first-order valence-electron chi connectivity index (χ1n) is 9.56. The Labute approximate surface area is 170 Å². The van der Waals surface area contributed by atoms with Crippen molar-refractivity contribution in [2.24, 2.45) is 7.05 Å². The Balaban J connectivity index is 1.55. The van der Waals surface area contributed by atoms with Crippen LogP contribution in [-0.2, 0) is 7.05 Å². The van der Waals surface area contributed by atoms with E-state index in [0.29, 0.717) is 17.2 Å². The second-order valence-electron chi connectivity index (χ2n) is 7.43. The van der Waals surface area contributed by atoms with Gasteiger partial charge in [-0.1, -0.05) is 18.2 Å². The number of H-pyrrole nitrogens is 1. The van der Waals surface area contributed by atoms with Crippen molar-refractivity contribution in [2.75, 3.05) is 5.73 Å². The summed E-state index contributed by atoms with van der Waals surface area (Å²) in [5.74, 6) is 0.173. The predicted molar refractivity (Wildman–Crippen MR) is 117 cm³/mol. The molecule has 4 heterocycles. The molecule has 0 saturated heterocycles. The molecule has 0 aliphatic heterocycles. The van der Waals surface area contributed by atoms with Gasteiger partial charge in [-0.25, -0.2) is 9.37 Å². The van der Waals surface area contributed by atoms with Crippen LogP contribution in [0, 0.1) is 5.82 Å². The molecule has 0 aliphatic carbocycles. The first-order valence-corrected chi connectivity index (χ1v) is 9.56. The highest BCUT2D eigenvalue weighted by molar-refractivity contribution is 5.97. The number of anilines is 1. The highest BCUT2D eigenvalue weighted by Gasteiger charge is 2.16. The number of hydrogen-bond acceptors (Lipinski definition) is 3. The van der Waals surface area contributed by atoms with Crippen molar-refractivity contribution in [1.82, 2.24) is 24.1 Å². The first kappa shape index (κ1) is 16.8. The van der Waals surface area contributed by atoms with Crippen LogP contribution in [0.15, 0.2) is 67.0 Å². The van der Waals surface area contributed by atoms with Crippen LogP contribution >= 0.6 is 0 Å². The number of para-hydroxylation sites is 1. The number of nitrogens with zero attached hydrogens (tertiary/aromatic N) is 4. The lowest BCUT2D eigenvalue weighted by Crippen LogP contribution is -2.01. The summed E-state index contributed by atoms with van der Waals surface area (Å²) in [4.78, 5) is 7.93. The van der Waals surface area contributed by atoms with Crippen LogP contribution in [0.3, 0.4) is 0 Å². The van der Waals surface area contributed by atoms with Gasteiger partial charge in [0.05, 0.1) is 11.4 Å². The zero-order chi connectivity index (χ0) is 20.4. The maximum atomic E-state index is 13.8. The van der Waals surface area contributed by atoms with Crippen LogP contribution in [0.1, 0.15) is 0 Å². The normalized spacial score (nSPS) is 11.8. The van der Waals surface area contributed by atoms with Gasteiger partial charge >= 0.3 is 0 Å². The molecule has 7 heteroatoms. The zero-order valence-electron chi connectivity index (χ0n) is 16.1. The van der Waals surface area contributed by atoms with Gasteiger partial charge < -0.3 is 15.3 Å². The topological polar surface area (TPSA) is 76.9 Å². The molecular formula is C23H17FN6. The summed E-state index contributed by atoms with van der Waals surface area (Å²) in [5, 5.41) is 6.58. The summed E-state index contributed by atoms with van der Waals surface area (Å²) in [5.41, 5.74) is 12.2. The van der Waals surface area contributed by atoms with E-state index in [9.17, 15) is 4.39 Å². The van der Waals surface area contributed by atoms with E-state index >= 15 is 0 Å². The van der Waals surface area contributed by atoms with Crippen molar-refractivity contribution < 1.29 is 4.39 Å². The second kappa shape index (κ2) is 5.93. The number of nitrogens with two attached hydrogens (primary N) is 1. The Morgan fingerprint density at radius 1 is 0.967 bits per heavy atom. The third-order valence-corrected chi connectivity index (χ3v) is 5.55. The number of rotatable bonds is 2. The van der Waals surface area contributed by atoms with Gasteiger partial charge in [-0.3, -0.25) is 0 Å². The number of halogens is 1. The summed E-state index contributed by atoms with van der Waals surface area (Å²) in [6, 6.07) is 16.5. The molecule has 6 aromatic rings. The maximum Gasteiger partial charge on any atom is 0.158 e. The lowest BCUT2D eigenvalue weighted by Gasteiger charge is -2.03. The largest absolute Gasteiger partial charge is 0.384 e. The number of nitrogen functional groups attached to an aromatic ring is 1. The number of aryl methyl sites for hydroxylation is 1. The van der Waals surface area contributed by atoms with Crippen LogP contribution in [0.25, 0.3) is 50.0 Å². The van der Waals surface area contributed by atoms with Crippen LogP contribution < -0.4 is 5.73 Å². The molecule has 3 N–H and O–H groups in total. The summed E-state index contributed by atoms with van der Waals surface area (Å²) in [6.45, 7) is 0. The molecule has 2 aromatic carbocycles. The van der Waals surface area contributed by atoms with E-state index in [0.717, 1.165) is 38.6 Å². The second-order valence-corrected chi connectivity index (χ2v) is 7.43. The minimum atomic E-state index is -0.292. The summed E-state index contributed by atoms with van der Waals surface area (Å²) < 4.78 is 17.5. The van der Waals surface area contributed by atoms with Crippen molar-refractivity contribution in [3.8, 4) is 22.5 Å². The lowest BCUT2D eigenvalue weighted by atomic mass is 10.1. The molecule has 4 aromatic heterocycles. The van der Waals surface area contributed by atoms with Crippen molar-refractivity contribution >= 4 is 33.3 Å². The number of nitrogens with one attached hydrogen (secondary N) is 1. The third kappa shape index (κ3) is 2.35. The van der Waals surface area contributed by atoms with Crippen LogP contribution in [-0.4, -0.2) is 24.1 Å². The smallest absolute Gasteiger partial charge is 0.158 e. The summed E-state index contributed by atoms with van der Waals surface area (Å²) in [7, 11) is 2.02. The summed E-state index contributed by atoms with van der Waals surface area (Å²) >= 11 is 0. The van der Waals surface area contributed by atoms with E-state index in [2.05, 4.69) is 27.9 Å². The molecule has 6 nitrogen and oxygen atoms in total. The number of fused-ring (bicyclic) bond motifs is 3. The van der Waals surface area contributed by atoms with Gasteiger partial charge in [0.2, 0.25) is 0 Å². The average Bonchev–Trinajstić information content (AvgIpc) is 3.43. The zero-order valence-corrected chi connectivity index (χ0v) is 16.1. The van der Waals surface area contributed by atoms with Gasteiger partial charge in [0.15, 0.2) is 5.65 Å². The maximum absolute atomic E-state index is 13.8. The molecule has 0 spiro atoms. The van der Waals surface area contributed by atoms with Crippen molar-refractivity contribution in [3.63, 3.8) is 0 Å². The molecule has 0 saturated carbocycles. The molecule has 0 fully saturated rings. The van der Waals surface area contributed by atoms with E-state index in [-0.39, 0.29) is 5.82 Å². The van der Waals surface area contributed by atoms with Crippen LogP contribution in [0.2, 0.25) is 0 Å². The first-order chi connectivity index (χ1) is 14.6. The quantitative estimate of drug-likeness (QED) is 0.443. The number of benzene rings is 2. The van der Waals surface area contributed by atoms with Gasteiger partial charge in [-0.15, -0.1) is 0 Å². The Kier molecular flexibility index (Phi) is 3.32. The van der Waals surface area contributed by atoms with Crippen molar-refractivity contribution in [3.05, 3.63) is 72.8 Å². The molecule has 30 heavy (non-hydrogen) atoms. The van der Waals surface area contributed by atoms with Crippen LogP contribution in [0.4, 0.5) is 10.2 Å². The van der Waals surface area contributed by atoms with Gasteiger partial charge in [-0.05, 0) is 24.3 Å². The van der Waals surface area contributed by atoms with E-state index < -0.39 is 0 Å². The monoisotopic (exact) mass is 396 g/mol. The minimum Gasteiger partial charge on any atom is -0.384 e. The Hall–Kier alpha value is -4.13. The molecule has 0 bridgehead atoms. The molecule has 146 valence electrons. The molecule has 0 aliphatic rings. The molecular weight excluding hydrogens is 379 g/mol. The van der Waals surface area contributed by atoms with Gasteiger partial charge in [-0.2, -0.15) is 9.61 Å². The highest BCUT2D eigenvalue weighted by atomic mass is 19.1. The van der Waals surface area contributed by atoms with Gasteiger partial charge in [0.1, 0.15) is 11.6 Å². The van der Waals surface area contributed by atoms with Crippen molar-refractivity contribution in [1.29, 1.82) is 0 Å². The number of hydrogen-bond donors (Lipinski definition) is 2.